The van der Waals surface area contributed by atoms with Gasteiger partial charge in [-0.1, -0.05) is 17.8 Å². The van der Waals surface area contributed by atoms with E-state index in [1.165, 1.54) is 0 Å². The van der Waals surface area contributed by atoms with Crippen molar-refractivity contribution >= 4 is 29.6 Å². The van der Waals surface area contributed by atoms with Crippen LogP contribution >= 0.6 is 11.8 Å². The number of nitrogens with zero attached hydrogens (tertiary/aromatic N) is 3. The normalized spacial score (nSPS) is 13.5. The van der Waals surface area contributed by atoms with Gasteiger partial charge in [0.1, 0.15) is 0 Å². The maximum absolute atomic E-state index is 12.2. The summed E-state index contributed by atoms with van der Waals surface area (Å²) in [5.41, 5.74) is 11.9. The number of carbonyl (C=O) groups excluding carboxylic acids is 1. The summed E-state index contributed by atoms with van der Waals surface area (Å²) in [6, 6.07) is 5.53. The first kappa shape index (κ1) is 16.1. The Bertz CT molecular complexity index is 752. The molecule has 1 atom stereocenters. The van der Waals surface area contributed by atoms with Crippen molar-refractivity contribution in [3.63, 3.8) is 0 Å². The van der Waals surface area contributed by atoms with Crippen molar-refractivity contribution in [3.05, 3.63) is 23.8 Å². The predicted molar refractivity (Wildman–Crippen MR) is 88.4 cm³/mol. The maximum Gasteiger partial charge on any atom is 0.233 e. The average molecular weight is 348 g/mol. The van der Waals surface area contributed by atoms with Gasteiger partial charge in [0.15, 0.2) is 16.7 Å². The summed E-state index contributed by atoms with van der Waals surface area (Å²) in [5, 5.41) is 2.74. The fraction of sp³-hybridized carbons (Fsp3) is 0.286. The highest BCUT2D eigenvalue weighted by atomic mass is 32.2. The summed E-state index contributed by atoms with van der Waals surface area (Å²) in [6.07, 6.45) is 0. The highest BCUT2D eigenvalue weighted by molar-refractivity contribution is 8.00. The van der Waals surface area contributed by atoms with Crippen molar-refractivity contribution in [2.24, 2.45) is 0 Å². The summed E-state index contributed by atoms with van der Waals surface area (Å²) in [7, 11) is 0. The van der Waals surface area contributed by atoms with Crippen LogP contribution in [0.3, 0.4) is 0 Å². The Hall–Kier alpha value is -2.75. The molecule has 126 valence electrons. The van der Waals surface area contributed by atoms with E-state index in [0.717, 1.165) is 17.3 Å². The number of carbonyl (C=O) groups is 1. The van der Waals surface area contributed by atoms with Gasteiger partial charge < -0.3 is 26.3 Å². The van der Waals surface area contributed by atoms with E-state index in [0.29, 0.717) is 23.2 Å². The van der Waals surface area contributed by atoms with E-state index >= 15 is 0 Å². The molecule has 1 aromatic carbocycles. The number of nitrogens with two attached hydrogens (primary N) is 2. The third-order valence-corrected chi connectivity index (χ3v) is 4.17. The molecule has 9 nitrogen and oxygen atoms in total. The summed E-state index contributed by atoms with van der Waals surface area (Å²) < 4.78 is 10.6. The van der Waals surface area contributed by atoms with Gasteiger partial charge in [-0.15, -0.1) is 0 Å². The molecular weight excluding hydrogens is 332 g/mol. The van der Waals surface area contributed by atoms with Gasteiger partial charge in [-0.2, -0.15) is 15.0 Å². The number of hydrogen-bond acceptors (Lipinski definition) is 9. The summed E-state index contributed by atoms with van der Waals surface area (Å²) in [5.74, 6) is 1.28. The molecule has 1 aliphatic rings. The molecule has 10 heteroatoms. The van der Waals surface area contributed by atoms with Crippen molar-refractivity contribution in [1.82, 2.24) is 20.3 Å². The largest absolute Gasteiger partial charge is 0.454 e. The summed E-state index contributed by atoms with van der Waals surface area (Å²) >= 11 is 1.16. The number of fused-ring (bicyclic) bond motifs is 1. The highest BCUT2D eigenvalue weighted by Gasteiger charge is 2.18. The maximum atomic E-state index is 12.2. The lowest BCUT2D eigenvalue weighted by atomic mass is 10.2. The molecule has 5 N–H and O–H groups in total. The molecule has 0 saturated heterocycles. The van der Waals surface area contributed by atoms with Gasteiger partial charge in [-0.3, -0.25) is 4.79 Å². The number of hydrogen-bond donors (Lipinski definition) is 3. The smallest absolute Gasteiger partial charge is 0.233 e. The van der Waals surface area contributed by atoms with Gasteiger partial charge in [-0.25, -0.2) is 0 Å². The minimum atomic E-state index is -0.416. The number of nitrogen functional groups attached to an aromatic ring is 2. The number of aromatic nitrogens is 3. The lowest BCUT2D eigenvalue weighted by Gasteiger charge is -2.11. The van der Waals surface area contributed by atoms with Crippen molar-refractivity contribution in [2.45, 2.75) is 23.9 Å². The predicted octanol–water partition coefficient (Wildman–Crippen LogP) is 0.562. The molecule has 0 fully saturated rings. The van der Waals surface area contributed by atoms with Crippen LogP contribution in [0.15, 0.2) is 23.4 Å². The quantitative estimate of drug-likeness (QED) is 0.661. The first-order chi connectivity index (χ1) is 11.5. The van der Waals surface area contributed by atoms with Crippen LogP contribution in [0.4, 0.5) is 11.9 Å². The van der Waals surface area contributed by atoms with Gasteiger partial charge in [0.25, 0.3) is 0 Å². The third kappa shape index (κ3) is 3.77. The molecule has 2 heterocycles. The number of benzene rings is 1. The Morgan fingerprint density at radius 2 is 1.96 bits per heavy atom. The van der Waals surface area contributed by atoms with Crippen LogP contribution in [-0.2, 0) is 11.3 Å². The van der Waals surface area contributed by atoms with Gasteiger partial charge in [-0.05, 0) is 24.6 Å². The second kappa shape index (κ2) is 6.79. The Balaban J connectivity index is 1.56. The Morgan fingerprint density at radius 1 is 1.25 bits per heavy atom. The van der Waals surface area contributed by atoms with Crippen LogP contribution in [0, 0.1) is 0 Å². The zero-order chi connectivity index (χ0) is 17.1. The molecule has 0 spiro atoms. The zero-order valence-corrected chi connectivity index (χ0v) is 13.7. The molecule has 0 saturated carbocycles. The number of anilines is 2. The molecule has 1 aliphatic heterocycles. The standard InChI is InChI=1S/C14H16N6O3S/c1-7(24-14-19-12(15)18-13(16)20-14)11(21)17-5-8-2-3-9-10(4-8)23-6-22-9/h2-4,7H,5-6H2,1H3,(H,17,21)(H4,15,16,18,19,20)/t7-/m0/s1. The summed E-state index contributed by atoms with van der Waals surface area (Å²) in [6.45, 7) is 2.34. The first-order valence-electron chi connectivity index (χ1n) is 7.11. The highest BCUT2D eigenvalue weighted by Crippen LogP contribution is 2.32. The topological polar surface area (TPSA) is 138 Å². The fourth-order valence-electron chi connectivity index (χ4n) is 2.04. The minimum absolute atomic E-state index is 0.0259. The van der Waals surface area contributed by atoms with E-state index in [-0.39, 0.29) is 24.6 Å². The van der Waals surface area contributed by atoms with Crippen molar-refractivity contribution < 1.29 is 14.3 Å². The van der Waals surface area contributed by atoms with E-state index in [4.69, 9.17) is 20.9 Å². The first-order valence-corrected chi connectivity index (χ1v) is 7.99. The number of ether oxygens (including phenoxy) is 2. The van der Waals surface area contributed by atoms with Crippen LogP contribution in [-0.4, -0.2) is 32.9 Å². The third-order valence-electron chi connectivity index (χ3n) is 3.20. The van der Waals surface area contributed by atoms with E-state index in [1.54, 1.807) is 6.92 Å². The van der Waals surface area contributed by atoms with Crippen molar-refractivity contribution in [1.29, 1.82) is 0 Å². The van der Waals surface area contributed by atoms with Crippen LogP contribution in [0.1, 0.15) is 12.5 Å². The average Bonchev–Trinajstić information content (AvgIpc) is 2.99. The van der Waals surface area contributed by atoms with Crippen LogP contribution in [0.2, 0.25) is 0 Å². The molecule has 24 heavy (non-hydrogen) atoms. The lowest BCUT2D eigenvalue weighted by molar-refractivity contribution is -0.120. The van der Waals surface area contributed by atoms with E-state index < -0.39 is 5.25 Å². The molecule has 3 rings (SSSR count). The Morgan fingerprint density at radius 3 is 2.71 bits per heavy atom. The second-order valence-electron chi connectivity index (χ2n) is 5.00. The Labute approximate surface area is 142 Å². The molecule has 1 amide bonds. The van der Waals surface area contributed by atoms with Crippen LogP contribution < -0.4 is 26.3 Å². The minimum Gasteiger partial charge on any atom is -0.454 e. The van der Waals surface area contributed by atoms with Crippen molar-refractivity contribution in [3.8, 4) is 11.5 Å². The van der Waals surface area contributed by atoms with Crippen molar-refractivity contribution in [2.75, 3.05) is 18.3 Å². The monoisotopic (exact) mass is 348 g/mol. The zero-order valence-electron chi connectivity index (χ0n) is 12.9. The van der Waals surface area contributed by atoms with Gasteiger partial charge in [0, 0.05) is 6.54 Å². The molecule has 0 radical (unpaired) electrons. The number of rotatable bonds is 5. The fourth-order valence-corrected chi connectivity index (χ4v) is 2.84. The number of thioether (sulfide) groups is 1. The van der Waals surface area contributed by atoms with Gasteiger partial charge in [0.2, 0.25) is 24.6 Å². The molecule has 0 bridgehead atoms. The summed E-state index contributed by atoms with van der Waals surface area (Å²) in [4.78, 5) is 23.8. The van der Waals surface area contributed by atoms with Crippen LogP contribution in [0.25, 0.3) is 0 Å². The molecular formula is C14H16N6O3S. The second-order valence-corrected chi connectivity index (χ2v) is 6.31. The van der Waals surface area contributed by atoms with E-state index in [2.05, 4.69) is 20.3 Å². The van der Waals surface area contributed by atoms with Gasteiger partial charge >= 0.3 is 0 Å². The van der Waals surface area contributed by atoms with E-state index in [9.17, 15) is 4.79 Å². The number of amides is 1. The molecule has 0 aliphatic carbocycles. The number of nitrogens with one attached hydrogen (secondary N) is 1. The molecule has 0 unspecified atom stereocenters. The van der Waals surface area contributed by atoms with Crippen LogP contribution in [0.5, 0.6) is 11.5 Å². The molecule has 1 aromatic heterocycles. The Kier molecular flexibility index (Phi) is 4.56. The van der Waals surface area contributed by atoms with E-state index in [1.807, 2.05) is 18.2 Å². The lowest BCUT2D eigenvalue weighted by Crippen LogP contribution is -2.30. The SMILES string of the molecule is C[C@H](Sc1nc(N)nc(N)n1)C(=O)NCc1ccc2c(c1)OCO2. The molecule has 2 aromatic rings. The van der Waals surface area contributed by atoms with Gasteiger partial charge in [0.05, 0.1) is 5.25 Å².